The first kappa shape index (κ1) is 24.8. The van der Waals surface area contributed by atoms with E-state index in [1.807, 2.05) is 38.1 Å². The van der Waals surface area contributed by atoms with Gasteiger partial charge in [-0.3, -0.25) is 9.48 Å². The highest BCUT2D eigenvalue weighted by Crippen LogP contribution is 2.34. The van der Waals surface area contributed by atoms with Crippen molar-refractivity contribution in [2.45, 2.75) is 25.2 Å². The topological polar surface area (TPSA) is 141 Å². The van der Waals surface area contributed by atoms with E-state index >= 15 is 0 Å². The summed E-state index contributed by atoms with van der Waals surface area (Å²) in [5.41, 5.74) is 3.23. The number of anilines is 1. The fourth-order valence-corrected chi connectivity index (χ4v) is 4.43. The van der Waals surface area contributed by atoms with Crippen LogP contribution in [-0.4, -0.2) is 46.1 Å². The maximum absolute atomic E-state index is 13.0. The quantitative estimate of drug-likeness (QED) is 0.371. The largest absolute Gasteiger partial charge is 0.437 e. The number of carbonyl (C=O) groups excluding carboxylic acids is 1. The summed E-state index contributed by atoms with van der Waals surface area (Å²) in [5, 5.41) is 6.43. The number of nitrogens with one attached hydrogen (secondary N) is 2. The van der Waals surface area contributed by atoms with Crippen molar-refractivity contribution >= 4 is 21.9 Å². The summed E-state index contributed by atoms with van der Waals surface area (Å²) in [4.78, 5) is 24.9. The third-order valence-corrected chi connectivity index (χ3v) is 6.63. The van der Waals surface area contributed by atoms with E-state index in [-0.39, 0.29) is 28.3 Å². The Bertz CT molecular complexity index is 1520. The maximum atomic E-state index is 13.0. The molecule has 1 aromatic carbocycles. The molecule has 0 spiro atoms. The molecule has 0 bridgehead atoms. The monoisotopic (exact) mass is 507 g/mol. The normalized spacial score (nSPS) is 11.2. The van der Waals surface area contributed by atoms with Crippen LogP contribution in [0.1, 0.15) is 28.5 Å². The zero-order valence-corrected chi connectivity index (χ0v) is 21.0. The molecule has 2 N–H and O–H groups in total. The van der Waals surface area contributed by atoms with Crippen molar-refractivity contribution in [1.82, 2.24) is 30.0 Å². The molecule has 0 aliphatic rings. The van der Waals surface area contributed by atoms with Gasteiger partial charge in [-0.1, -0.05) is 31.2 Å². The molecule has 186 valence electrons. The number of aromatic nitrogens is 5. The van der Waals surface area contributed by atoms with Crippen LogP contribution < -0.4 is 14.8 Å². The molecule has 3 aromatic heterocycles. The third kappa shape index (κ3) is 5.18. The molecule has 12 heteroatoms. The number of carbonyl (C=O) groups is 1. The van der Waals surface area contributed by atoms with Crippen LogP contribution in [0.5, 0.6) is 11.6 Å². The highest BCUT2D eigenvalue weighted by atomic mass is 32.2. The Balaban J connectivity index is 1.81. The van der Waals surface area contributed by atoms with E-state index in [1.165, 1.54) is 36.4 Å². The van der Waals surface area contributed by atoms with Crippen LogP contribution in [0.15, 0.2) is 59.9 Å². The predicted molar refractivity (Wildman–Crippen MR) is 133 cm³/mol. The van der Waals surface area contributed by atoms with Crippen LogP contribution in [0.25, 0.3) is 11.3 Å². The van der Waals surface area contributed by atoms with Crippen molar-refractivity contribution in [3.8, 4) is 22.9 Å². The minimum Gasteiger partial charge on any atom is -0.437 e. The van der Waals surface area contributed by atoms with Crippen molar-refractivity contribution in [2.24, 2.45) is 7.05 Å². The highest BCUT2D eigenvalue weighted by molar-refractivity contribution is 7.92. The zero-order chi connectivity index (χ0) is 25.9. The SMILES string of the molecule is CCc1c(Oc2ccc(C(=O)NC)nc2)nc(NS(=O)(=O)c2cnn(C)c2)nc1-c1ccccc1C. The molecule has 4 rings (SSSR count). The molecule has 11 nitrogen and oxygen atoms in total. The van der Waals surface area contributed by atoms with Crippen LogP contribution >= 0.6 is 0 Å². The van der Waals surface area contributed by atoms with E-state index in [0.29, 0.717) is 23.4 Å². The van der Waals surface area contributed by atoms with E-state index in [4.69, 9.17) is 4.74 Å². The van der Waals surface area contributed by atoms with Crippen molar-refractivity contribution in [3.05, 3.63) is 71.8 Å². The summed E-state index contributed by atoms with van der Waals surface area (Å²) in [6.45, 7) is 3.87. The summed E-state index contributed by atoms with van der Waals surface area (Å²) in [7, 11) is -0.859. The number of aryl methyl sites for hydroxylation is 2. The fourth-order valence-electron chi connectivity index (χ4n) is 3.50. The zero-order valence-electron chi connectivity index (χ0n) is 20.2. The van der Waals surface area contributed by atoms with Crippen LogP contribution in [0.3, 0.4) is 0 Å². The first-order valence-electron chi connectivity index (χ1n) is 11.1. The van der Waals surface area contributed by atoms with Crippen LogP contribution in [0.2, 0.25) is 0 Å². The Labute approximate surface area is 208 Å². The molecule has 0 aliphatic carbocycles. The Morgan fingerprint density at radius 2 is 1.89 bits per heavy atom. The number of benzene rings is 1. The van der Waals surface area contributed by atoms with E-state index < -0.39 is 10.0 Å². The number of pyridine rings is 1. The fraction of sp³-hybridized carbons (Fsp3) is 0.208. The molecule has 0 radical (unpaired) electrons. The summed E-state index contributed by atoms with van der Waals surface area (Å²) >= 11 is 0. The second kappa shape index (κ2) is 10.1. The van der Waals surface area contributed by atoms with Gasteiger partial charge in [-0.15, -0.1) is 0 Å². The molecule has 0 fully saturated rings. The van der Waals surface area contributed by atoms with Crippen molar-refractivity contribution in [1.29, 1.82) is 0 Å². The van der Waals surface area contributed by atoms with Gasteiger partial charge in [0, 0.05) is 31.4 Å². The lowest BCUT2D eigenvalue weighted by molar-refractivity contribution is 0.0958. The van der Waals surface area contributed by atoms with E-state index in [0.717, 1.165) is 11.1 Å². The average Bonchev–Trinajstić information content (AvgIpc) is 3.31. The van der Waals surface area contributed by atoms with Gasteiger partial charge in [-0.2, -0.15) is 10.1 Å². The number of rotatable bonds is 8. The second-order valence-corrected chi connectivity index (χ2v) is 9.55. The molecule has 0 saturated carbocycles. The molecule has 0 atom stereocenters. The highest BCUT2D eigenvalue weighted by Gasteiger charge is 2.23. The van der Waals surface area contributed by atoms with Gasteiger partial charge in [0.15, 0.2) is 0 Å². The molecule has 36 heavy (non-hydrogen) atoms. The van der Waals surface area contributed by atoms with Crippen LogP contribution in [-0.2, 0) is 23.5 Å². The molecule has 0 saturated heterocycles. The van der Waals surface area contributed by atoms with Gasteiger partial charge in [0.25, 0.3) is 15.9 Å². The first-order valence-corrected chi connectivity index (χ1v) is 12.5. The Morgan fingerprint density at radius 3 is 2.50 bits per heavy atom. The third-order valence-electron chi connectivity index (χ3n) is 5.35. The van der Waals surface area contributed by atoms with Crippen molar-refractivity contribution in [2.75, 3.05) is 11.8 Å². The summed E-state index contributed by atoms with van der Waals surface area (Å²) in [6.07, 6.45) is 4.53. The Morgan fingerprint density at radius 1 is 1.11 bits per heavy atom. The van der Waals surface area contributed by atoms with E-state index in [2.05, 4.69) is 30.1 Å². The van der Waals surface area contributed by atoms with Gasteiger partial charge in [-0.05, 0) is 31.0 Å². The Kier molecular flexibility index (Phi) is 6.97. The first-order chi connectivity index (χ1) is 17.2. The second-order valence-electron chi connectivity index (χ2n) is 7.86. The summed E-state index contributed by atoms with van der Waals surface area (Å²) < 4.78 is 35.8. The molecule has 1 amide bonds. The predicted octanol–water partition coefficient (Wildman–Crippen LogP) is 3.10. The minimum atomic E-state index is -4.00. The van der Waals surface area contributed by atoms with Gasteiger partial charge in [0.1, 0.15) is 16.3 Å². The minimum absolute atomic E-state index is 0.0259. The molecule has 3 heterocycles. The van der Waals surface area contributed by atoms with E-state index in [9.17, 15) is 13.2 Å². The van der Waals surface area contributed by atoms with Crippen LogP contribution in [0.4, 0.5) is 5.95 Å². The average molecular weight is 508 g/mol. The number of ether oxygens (including phenoxy) is 1. The van der Waals surface area contributed by atoms with Gasteiger partial charge < -0.3 is 10.1 Å². The summed E-state index contributed by atoms with van der Waals surface area (Å²) in [5.74, 6) is 0.0167. The number of hydrogen-bond donors (Lipinski definition) is 2. The number of hydrogen-bond acceptors (Lipinski definition) is 8. The number of nitrogens with zero attached hydrogens (tertiary/aromatic N) is 5. The molecule has 0 aliphatic heterocycles. The van der Waals surface area contributed by atoms with Gasteiger partial charge >= 0.3 is 0 Å². The van der Waals surface area contributed by atoms with Gasteiger partial charge in [-0.25, -0.2) is 23.1 Å². The van der Waals surface area contributed by atoms with Gasteiger partial charge in [0.2, 0.25) is 11.8 Å². The molecular weight excluding hydrogens is 482 g/mol. The number of sulfonamides is 1. The van der Waals surface area contributed by atoms with Crippen molar-refractivity contribution in [3.63, 3.8) is 0 Å². The van der Waals surface area contributed by atoms with Gasteiger partial charge in [0.05, 0.1) is 18.1 Å². The lowest BCUT2D eigenvalue weighted by atomic mass is 10.0. The van der Waals surface area contributed by atoms with E-state index in [1.54, 1.807) is 13.1 Å². The molecule has 0 unspecified atom stereocenters. The Hall–Kier alpha value is -4.32. The molecular formula is C24H25N7O4S. The maximum Gasteiger partial charge on any atom is 0.269 e. The van der Waals surface area contributed by atoms with Crippen molar-refractivity contribution < 1.29 is 17.9 Å². The molecule has 4 aromatic rings. The lowest BCUT2D eigenvalue weighted by Gasteiger charge is -2.16. The lowest BCUT2D eigenvalue weighted by Crippen LogP contribution is -2.18. The number of amides is 1. The standard InChI is InChI=1S/C24H25N7O4S/c1-5-18-21(19-9-7-6-8-15(19)2)28-24(30-36(33,34)17-13-27-31(4)14-17)29-23(18)35-16-10-11-20(26-12-16)22(32)25-3/h6-14H,5H2,1-4H3,(H,25,32)(H,28,29,30). The summed E-state index contributed by atoms with van der Waals surface area (Å²) in [6, 6.07) is 10.7. The smallest absolute Gasteiger partial charge is 0.269 e. The van der Waals surface area contributed by atoms with Crippen LogP contribution in [0, 0.1) is 6.92 Å².